The van der Waals surface area contributed by atoms with E-state index in [1.807, 2.05) is 31.2 Å². The Hall–Kier alpha value is -3.42. The molecular weight excluding hydrogens is 334 g/mol. The molecule has 2 aromatic carbocycles. The number of nitrogens with one attached hydrogen (secondary N) is 1. The summed E-state index contributed by atoms with van der Waals surface area (Å²) in [5, 5.41) is 13.8. The number of hydrogen-bond acceptors (Lipinski definition) is 6. The number of carbonyl (C=O) groups is 1. The standard InChI is InChI=1S/C18H19N5O3/c1-3-25-16-8-4-14(5-9-16)20-18(24)13(2)26-17-10-6-15(7-11-17)23-12-19-21-22-23/h4-13H,3H2,1-2H3,(H,20,24)/t13-/m0/s1. The second-order valence-corrected chi connectivity index (χ2v) is 5.46. The van der Waals surface area contributed by atoms with Crippen molar-refractivity contribution < 1.29 is 14.3 Å². The molecule has 0 unspecified atom stereocenters. The molecule has 134 valence electrons. The lowest BCUT2D eigenvalue weighted by atomic mass is 10.2. The monoisotopic (exact) mass is 353 g/mol. The van der Waals surface area contributed by atoms with Gasteiger partial charge in [0.1, 0.15) is 17.8 Å². The zero-order valence-corrected chi connectivity index (χ0v) is 14.5. The van der Waals surface area contributed by atoms with Crippen molar-refractivity contribution in [3.8, 4) is 17.2 Å². The van der Waals surface area contributed by atoms with E-state index in [0.29, 0.717) is 18.0 Å². The summed E-state index contributed by atoms with van der Waals surface area (Å²) >= 11 is 0. The molecule has 0 saturated carbocycles. The molecule has 0 spiro atoms. The fourth-order valence-corrected chi connectivity index (χ4v) is 2.26. The van der Waals surface area contributed by atoms with Gasteiger partial charge in [-0.1, -0.05) is 0 Å². The number of amides is 1. The molecule has 0 saturated heterocycles. The molecule has 3 aromatic rings. The quantitative estimate of drug-likeness (QED) is 0.702. The maximum absolute atomic E-state index is 12.3. The Morgan fingerprint density at radius 3 is 2.42 bits per heavy atom. The normalized spacial score (nSPS) is 11.6. The number of ether oxygens (including phenoxy) is 2. The largest absolute Gasteiger partial charge is 0.494 e. The van der Waals surface area contributed by atoms with Crippen LogP contribution < -0.4 is 14.8 Å². The summed E-state index contributed by atoms with van der Waals surface area (Å²) in [6.07, 6.45) is 0.850. The summed E-state index contributed by atoms with van der Waals surface area (Å²) in [7, 11) is 0. The van der Waals surface area contributed by atoms with Gasteiger partial charge in [0.05, 0.1) is 12.3 Å². The van der Waals surface area contributed by atoms with Crippen molar-refractivity contribution in [1.29, 1.82) is 0 Å². The molecule has 8 heteroatoms. The van der Waals surface area contributed by atoms with Crippen molar-refractivity contribution in [2.45, 2.75) is 20.0 Å². The number of benzene rings is 2. The van der Waals surface area contributed by atoms with Crippen molar-refractivity contribution in [3.05, 3.63) is 54.9 Å². The third-order valence-corrected chi connectivity index (χ3v) is 3.57. The first-order valence-corrected chi connectivity index (χ1v) is 8.19. The number of anilines is 1. The number of hydrogen-bond donors (Lipinski definition) is 1. The van der Waals surface area contributed by atoms with Crippen molar-refractivity contribution in [2.75, 3.05) is 11.9 Å². The smallest absolute Gasteiger partial charge is 0.265 e. The third kappa shape index (κ3) is 4.35. The highest BCUT2D eigenvalue weighted by atomic mass is 16.5. The summed E-state index contributed by atoms with van der Waals surface area (Å²) in [5.41, 5.74) is 1.48. The van der Waals surface area contributed by atoms with Crippen LogP contribution in [0, 0.1) is 0 Å². The molecule has 3 rings (SSSR count). The first kappa shape index (κ1) is 17.4. The van der Waals surface area contributed by atoms with Crippen LogP contribution in [0.4, 0.5) is 5.69 Å². The number of rotatable bonds is 7. The van der Waals surface area contributed by atoms with Crippen LogP contribution in [-0.2, 0) is 4.79 Å². The van der Waals surface area contributed by atoms with Crippen molar-refractivity contribution >= 4 is 11.6 Å². The van der Waals surface area contributed by atoms with Crippen molar-refractivity contribution in [1.82, 2.24) is 20.2 Å². The van der Waals surface area contributed by atoms with Crippen LogP contribution in [0.1, 0.15) is 13.8 Å². The Bertz CT molecular complexity index is 832. The number of aromatic nitrogens is 4. The minimum absolute atomic E-state index is 0.237. The molecule has 1 atom stereocenters. The van der Waals surface area contributed by atoms with Crippen LogP contribution in [0.15, 0.2) is 54.9 Å². The van der Waals surface area contributed by atoms with Crippen LogP contribution in [0.2, 0.25) is 0 Å². The lowest BCUT2D eigenvalue weighted by Crippen LogP contribution is -2.30. The maximum Gasteiger partial charge on any atom is 0.265 e. The SMILES string of the molecule is CCOc1ccc(NC(=O)[C@H](C)Oc2ccc(-n3cnnn3)cc2)cc1. The van der Waals surface area contributed by atoms with E-state index in [9.17, 15) is 4.79 Å². The Labute approximate surface area is 150 Å². The van der Waals surface area contributed by atoms with E-state index in [4.69, 9.17) is 9.47 Å². The first-order chi connectivity index (χ1) is 12.7. The second kappa shape index (κ2) is 8.11. The van der Waals surface area contributed by atoms with Gasteiger partial charge in [0.2, 0.25) is 0 Å². The zero-order chi connectivity index (χ0) is 18.4. The molecule has 26 heavy (non-hydrogen) atoms. The summed E-state index contributed by atoms with van der Waals surface area (Å²) in [6, 6.07) is 14.3. The van der Waals surface area contributed by atoms with Gasteiger partial charge in [-0.2, -0.15) is 0 Å². The van der Waals surface area contributed by atoms with E-state index in [1.165, 1.54) is 11.0 Å². The van der Waals surface area contributed by atoms with E-state index in [1.54, 1.807) is 31.2 Å². The molecule has 1 heterocycles. The van der Waals surface area contributed by atoms with Crippen LogP contribution in [0.3, 0.4) is 0 Å². The molecule has 8 nitrogen and oxygen atoms in total. The van der Waals surface area contributed by atoms with Gasteiger partial charge in [-0.05, 0) is 72.8 Å². The van der Waals surface area contributed by atoms with Gasteiger partial charge in [-0.25, -0.2) is 4.68 Å². The summed E-state index contributed by atoms with van der Waals surface area (Å²) in [4.78, 5) is 12.3. The topological polar surface area (TPSA) is 91.2 Å². The Morgan fingerprint density at radius 2 is 1.81 bits per heavy atom. The third-order valence-electron chi connectivity index (χ3n) is 3.57. The van der Waals surface area contributed by atoms with Crippen molar-refractivity contribution in [2.24, 2.45) is 0 Å². The lowest BCUT2D eigenvalue weighted by molar-refractivity contribution is -0.122. The molecule has 0 aliphatic heterocycles. The number of carbonyl (C=O) groups excluding carboxylic acids is 1. The molecule has 0 radical (unpaired) electrons. The Balaban J connectivity index is 1.56. The summed E-state index contributed by atoms with van der Waals surface area (Å²) < 4.78 is 12.6. The highest BCUT2D eigenvalue weighted by Crippen LogP contribution is 2.18. The molecule has 1 amide bonds. The molecular formula is C18H19N5O3. The van der Waals surface area contributed by atoms with E-state index < -0.39 is 6.10 Å². The average molecular weight is 353 g/mol. The zero-order valence-electron chi connectivity index (χ0n) is 14.5. The predicted octanol–water partition coefficient (Wildman–Crippen LogP) is 2.47. The van der Waals surface area contributed by atoms with Gasteiger partial charge in [-0.15, -0.1) is 5.10 Å². The minimum Gasteiger partial charge on any atom is -0.494 e. The summed E-state index contributed by atoms with van der Waals surface area (Å²) in [5.74, 6) is 1.10. The molecule has 0 fully saturated rings. The van der Waals surface area contributed by atoms with E-state index in [0.717, 1.165) is 11.4 Å². The van der Waals surface area contributed by atoms with Crippen molar-refractivity contribution in [3.63, 3.8) is 0 Å². The van der Waals surface area contributed by atoms with Gasteiger partial charge >= 0.3 is 0 Å². The van der Waals surface area contributed by atoms with Crippen LogP contribution >= 0.6 is 0 Å². The molecule has 1 aromatic heterocycles. The average Bonchev–Trinajstić information content (AvgIpc) is 3.19. The maximum atomic E-state index is 12.3. The minimum atomic E-state index is -0.652. The van der Waals surface area contributed by atoms with E-state index in [2.05, 4.69) is 20.8 Å². The van der Waals surface area contributed by atoms with E-state index >= 15 is 0 Å². The number of nitrogens with zero attached hydrogens (tertiary/aromatic N) is 4. The fraction of sp³-hybridized carbons (Fsp3) is 0.222. The van der Waals surface area contributed by atoms with Gasteiger partial charge in [0.15, 0.2) is 6.10 Å². The van der Waals surface area contributed by atoms with Gasteiger partial charge in [0, 0.05) is 5.69 Å². The highest BCUT2D eigenvalue weighted by Gasteiger charge is 2.15. The number of tetrazole rings is 1. The lowest BCUT2D eigenvalue weighted by Gasteiger charge is -2.15. The second-order valence-electron chi connectivity index (χ2n) is 5.46. The van der Waals surface area contributed by atoms with Crippen LogP contribution in [-0.4, -0.2) is 38.8 Å². The van der Waals surface area contributed by atoms with Gasteiger partial charge < -0.3 is 14.8 Å². The predicted molar refractivity (Wildman–Crippen MR) is 95.5 cm³/mol. The van der Waals surface area contributed by atoms with Crippen LogP contribution in [0.5, 0.6) is 11.5 Å². The highest BCUT2D eigenvalue weighted by molar-refractivity contribution is 5.94. The summed E-state index contributed by atoms with van der Waals surface area (Å²) in [6.45, 7) is 4.21. The fourth-order valence-electron chi connectivity index (χ4n) is 2.26. The van der Waals surface area contributed by atoms with Crippen LogP contribution in [0.25, 0.3) is 5.69 Å². The van der Waals surface area contributed by atoms with Gasteiger partial charge in [0.25, 0.3) is 5.91 Å². The Kier molecular flexibility index (Phi) is 5.43. The van der Waals surface area contributed by atoms with Gasteiger partial charge in [-0.3, -0.25) is 4.79 Å². The molecule has 0 aliphatic rings. The molecule has 0 bridgehead atoms. The molecule has 0 aliphatic carbocycles. The Morgan fingerprint density at radius 1 is 1.12 bits per heavy atom. The van der Waals surface area contributed by atoms with E-state index in [-0.39, 0.29) is 5.91 Å². The first-order valence-electron chi connectivity index (χ1n) is 8.19. The molecule has 1 N–H and O–H groups in total.